The molecule has 0 saturated heterocycles. The van der Waals surface area contributed by atoms with Crippen molar-refractivity contribution in [2.75, 3.05) is 19.4 Å². The zero-order valence-corrected chi connectivity index (χ0v) is 12.8. The number of halogens is 1. The van der Waals surface area contributed by atoms with Crippen LogP contribution in [-0.2, 0) is 7.05 Å². The van der Waals surface area contributed by atoms with Crippen LogP contribution in [0.15, 0.2) is 36.5 Å². The zero-order chi connectivity index (χ0) is 15.6. The molecule has 1 aromatic heterocycles. The maximum atomic E-state index is 12.1. The highest BCUT2D eigenvalue weighted by molar-refractivity contribution is 6.31. The van der Waals surface area contributed by atoms with Gasteiger partial charge in [-0.1, -0.05) is 11.6 Å². The maximum Gasteiger partial charge on any atom is 0.272 e. The van der Waals surface area contributed by atoms with Crippen molar-refractivity contribution in [2.24, 2.45) is 7.05 Å². The number of aryl methyl sites for hydroxylation is 1. The molecule has 1 N–H and O–H groups in total. The molecule has 110 valence electrons. The van der Waals surface area contributed by atoms with Gasteiger partial charge in [0.1, 0.15) is 5.69 Å². The van der Waals surface area contributed by atoms with E-state index in [9.17, 15) is 9.59 Å². The fourth-order valence-corrected chi connectivity index (χ4v) is 2.15. The average molecular weight is 306 g/mol. The molecule has 1 heterocycles. The summed E-state index contributed by atoms with van der Waals surface area (Å²) >= 11 is 5.86. The molecule has 6 heteroatoms. The molecule has 0 spiro atoms. The molecule has 0 atom stereocenters. The molecule has 0 radical (unpaired) electrons. The Hall–Kier alpha value is -2.27. The van der Waals surface area contributed by atoms with E-state index < -0.39 is 0 Å². The summed E-state index contributed by atoms with van der Waals surface area (Å²) in [6, 6.07) is 8.34. The smallest absolute Gasteiger partial charge is 0.272 e. The lowest BCUT2D eigenvalue weighted by Crippen LogP contribution is -2.21. The second kappa shape index (κ2) is 6.01. The van der Waals surface area contributed by atoms with Gasteiger partial charge in [-0.15, -0.1) is 0 Å². The highest BCUT2D eigenvalue weighted by atomic mass is 35.5. The van der Waals surface area contributed by atoms with Crippen molar-refractivity contribution in [3.8, 4) is 0 Å². The van der Waals surface area contributed by atoms with E-state index in [0.717, 1.165) is 0 Å². The van der Waals surface area contributed by atoms with Crippen molar-refractivity contribution in [1.82, 2.24) is 9.47 Å². The van der Waals surface area contributed by atoms with Crippen LogP contribution in [0.2, 0.25) is 5.02 Å². The molecule has 5 nitrogen and oxygen atoms in total. The summed E-state index contributed by atoms with van der Waals surface area (Å²) in [5.74, 6) is -0.335. The van der Waals surface area contributed by atoms with Crippen molar-refractivity contribution in [2.45, 2.75) is 0 Å². The van der Waals surface area contributed by atoms with Crippen molar-refractivity contribution in [1.29, 1.82) is 0 Å². The molecule has 0 unspecified atom stereocenters. The lowest BCUT2D eigenvalue weighted by molar-refractivity contribution is 0.0827. The van der Waals surface area contributed by atoms with Crippen LogP contribution in [0.3, 0.4) is 0 Å². The number of hydrogen-bond donors (Lipinski definition) is 1. The third-order valence-electron chi connectivity index (χ3n) is 3.00. The van der Waals surface area contributed by atoms with Gasteiger partial charge in [0.15, 0.2) is 0 Å². The van der Waals surface area contributed by atoms with Crippen LogP contribution in [0.5, 0.6) is 0 Å². The van der Waals surface area contributed by atoms with Crippen molar-refractivity contribution in [3.05, 3.63) is 52.8 Å². The molecular formula is C15H16ClN3O2. The molecule has 2 rings (SSSR count). The minimum absolute atomic E-state index is 0.0814. The van der Waals surface area contributed by atoms with E-state index in [-0.39, 0.29) is 11.8 Å². The minimum atomic E-state index is -0.254. The van der Waals surface area contributed by atoms with Gasteiger partial charge in [-0.2, -0.15) is 0 Å². The topological polar surface area (TPSA) is 54.3 Å². The number of carbonyl (C=O) groups excluding carboxylic acids is 2. The monoisotopic (exact) mass is 305 g/mol. The first-order valence-electron chi connectivity index (χ1n) is 6.33. The van der Waals surface area contributed by atoms with Gasteiger partial charge in [0, 0.05) is 38.6 Å². The Morgan fingerprint density at radius 2 is 1.81 bits per heavy atom. The van der Waals surface area contributed by atoms with Gasteiger partial charge in [-0.3, -0.25) is 9.59 Å². The summed E-state index contributed by atoms with van der Waals surface area (Å²) in [4.78, 5) is 25.4. The predicted molar refractivity (Wildman–Crippen MR) is 82.8 cm³/mol. The van der Waals surface area contributed by atoms with E-state index in [4.69, 9.17) is 11.6 Å². The van der Waals surface area contributed by atoms with E-state index in [0.29, 0.717) is 22.0 Å². The Morgan fingerprint density at radius 3 is 2.29 bits per heavy atom. The fraction of sp³-hybridized carbons (Fsp3) is 0.200. The molecule has 2 aromatic rings. The number of nitrogens with one attached hydrogen (secondary N) is 1. The zero-order valence-electron chi connectivity index (χ0n) is 12.1. The van der Waals surface area contributed by atoms with E-state index in [2.05, 4.69) is 5.32 Å². The van der Waals surface area contributed by atoms with Gasteiger partial charge < -0.3 is 14.8 Å². The molecule has 0 bridgehead atoms. The van der Waals surface area contributed by atoms with Crippen molar-refractivity contribution in [3.63, 3.8) is 0 Å². The van der Waals surface area contributed by atoms with Crippen LogP contribution in [0.25, 0.3) is 0 Å². The molecule has 0 fully saturated rings. The van der Waals surface area contributed by atoms with Gasteiger partial charge in [0.2, 0.25) is 0 Å². The molecule has 2 amide bonds. The lowest BCUT2D eigenvalue weighted by Gasteiger charge is -2.11. The highest BCUT2D eigenvalue weighted by Crippen LogP contribution is 2.16. The Bertz CT molecular complexity index is 675. The van der Waals surface area contributed by atoms with Gasteiger partial charge in [-0.25, -0.2) is 0 Å². The quantitative estimate of drug-likeness (QED) is 0.948. The van der Waals surface area contributed by atoms with Crippen LogP contribution < -0.4 is 5.32 Å². The second-order valence-corrected chi connectivity index (χ2v) is 5.32. The Morgan fingerprint density at radius 1 is 1.19 bits per heavy atom. The highest BCUT2D eigenvalue weighted by Gasteiger charge is 2.12. The summed E-state index contributed by atoms with van der Waals surface area (Å²) in [5, 5.41) is 3.27. The number of anilines is 1. The van der Waals surface area contributed by atoms with Gasteiger partial charge >= 0.3 is 0 Å². The molecule has 0 aliphatic heterocycles. The largest absolute Gasteiger partial charge is 0.345 e. The lowest BCUT2D eigenvalue weighted by atomic mass is 10.2. The number of hydrogen-bond acceptors (Lipinski definition) is 2. The first-order chi connectivity index (χ1) is 9.88. The van der Waals surface area contributed by atoms with E-state index in [1.54, 1.807) is 62.2 Å². The molecule has 0 aliphatic rings. The number of amides is 2. The number of rotatable bonds is 3. The van der Waals surface area contributed by atoms with Crippen LogP contribution in [0.1, 0.15) is 20.8 Å². The van der Waals surface area contributed by atoms with Crippen molar-refractivity contribution >= 4 is 29.1 Å². The van der Waals surface area contributed by atoms with Gasteiger partial charge in [0.05, 0.1) is 5.02 Å². The third-order valence-corrected chi connectivity index (χ3v) is 3.21. The summed E-state index contributed by atoms with van der Waals surface area (Å²) in [6.07, 6.45) is 1.66. The second-order valence-electron chi connectivity index (χ2n) is 4.89. The van der Waals surface area contributed by atoms with E-state index in [1.165, 1.54) is 4.90 Å². The van der Waals surface area contributed by atoms with Crippen LogP contribution in [-0.4, -0.2) is 35.4 Å². The Balaban J connectivity index is 2.12. The van der Waals surface area contributed by atoms with Crippen molar-refractivity contribution < 1.29 is 9.59 Å². The van der Waals surface area contributed by atoms with Gasteiger partial charge in [-0.05, 0) is 30.3 Å². The van der Waals surface area contributed by atoms with E-state index >= 15 is 0 Å². The molecular weight excluding hydrogens is 290 g/mol. The van der Waals surface area contributed by atoms with E-state index in [1.807, 2.05) is 0 Å². The molecule has 0 saturated carbocycles. The summed E-state index contributed by atoms with van der Waals surface area (Å²) < 4.78 is 1.65. The third kappa shape index (κ3) is 3.44. The Kier molecular flexibility index (Phi) is 4.33. The van der Waals surface area contributed by atoms with Gasteiger partial charge in [0.25, 0.3) is 11.8 Å². The summed E-state index contributed by atoms with van der Waals surface area (Å²) in [6.45, 7) is 0. The minimum Gasteiger partial charge on any atom is -0.345 e. The normalized spacial score (nSPS) is 10.3. The SMILES string of the molecule is CN(C)C(=O)c1ccc(NC(=O)c2cc(Cl)cn2C)cc1. The molecule has 21 heavy (non-hydrogen) atoms. The standard InChI is InChI=1S/C15H16ClN3O2/c1-18(2)15(21)10-4-6-12(7-5-10)17-14(20)13-8-11(16)9-19(13)3/h4-9H,1-3H3,(H,17,20). The first kappa shape index (κ1) is 15.1. The predicted octanol–water partition coefficient (Wildman–Crippen LogP) is 2.63. The van der Waals surface area contributed by atoms with Crippen LogP contribution >= 0.6 is 11.6 Å². The fourth-order valence-electron chi connectivity index (χ4n) is 1.90. The molecule has 0 aliphatic carbocycles. The maximum absolute atomic E-state index is 12.1. The molecule has 1 aromatic carbocycles. The van der Waals surface area contributed by atoms with Crippen LogP contribution in [0, 0.1) is 0 Å². The first-order valence-corrected chi connectivity index (χ1v) is 6.71. The number of benzene rings is 1. The number of nitrogens with zero attached hydrogens (tertiary/aromatic N) is 2. The average Bonchev–Trinajstić information content (AvgIpc) is 2.77. The van der Waals surface area contributed by atoms with Crippen LogP contribution in [0.4, 0.5) is 5.69 Å². The summed E-state index contributed by atoms with van der Waals surface area (Å²) in [5.41, 5.74) is 1.65. The summed E-state index contributed by atoms with van der Waals surface area (Å²) in [7, 11) is 5.13. The number of carbonyl (C=O) groups is 2. The Labute approximate surface area is 128 Å². The number of aromatic nitrogens is 1.